The van der Waals surface area contributed by atoms with Crippen LogP contribution in [-0.2, 0) is 4.79 Å². The SMILES string of the molecule is CCC(O)(/C=C/CCC1=CC[C@H]2C(=O)CCC[C@]12C)CC. The van der Waals surface area contributed by atoms with Crippen molar-refractivity contribution in [3.8, 4) is 0 Å². The predicted molar refractivity (Wildman–Crippen MR) is 87.1 cm³/mol. The van der Waals surface area contributed by atoms with Gasteiger partial charge < -0.3 is 5.11 Å². The first kappa shape index (κ1) is 16.5. The van der Waals surface area contributed by atoms with Crippen molar-refractivity contribution in [2.75, 3.05) is 0 Å². The molecule has 0 spiro atoms. The Bertz CT molecular complexity index is 442. The summed E-state index contributed by atoms with van der Waals surface area (Å²) in [6.07, 6.45) is 13.8. The zero-order valence-corrected chi connectivity index (χ0v) is 13.8. The molecule has 2 aliphatic carbocycles. The van der Waals surface area contributed by atoms with E-state index in [2.05, 4.69) is 19.1 Å². The number of rotatable bonds is 6. The third-order valence-electron chi connectivity index (χ3n) is 5.84. The van der Waals surface area contributed by atoms with Gasteiger partial charge in [-0.2, -0.15) is 0 Å². The van der Waals surface area contributed by atoms with Crippen LogP contribution in [0.2, 0.25) is 0 Å². The van der Waals surface area contributed by atoms with Crippen molar-refractivity contribution in [2.45, 2.75) is 77.7 Å². The molecule has 2 aliphatic rings. The van der Waals surface area contributed by atoms with Gasteiger partial charge in [-0.25, -0.2) is 0 Å². The summed E-state index contributed by atoms with van der Waals surface area (Å²) in [6, 6.07) is 0. The van der Waals surface area contributed by atoms with Gasteiger partial charge in [-0.3, -0.25) is 4.79 Å². The molecule has 0 bridgehead atoms. The first-order chi connectivity index (χ1) is 9.95. The molecule has 1 N–H and O–H groups in total. The van der Waals surface area contributed by atoms with Crippen LogP contribution in [0.3, 0.4) is 0 Å². The van der Waals surface area contributed by atoms with Crippen molar-refractivity contribution in [1.82, 2.24) is 0 Å². The molecule has 1 fully saturated rings. The minimum atomic E-state index is -0.642. The average Bonchev–Trinajstić information content (AvgIpc) is 2.81. The molecular formula is C19H30O2. The highest BCUT2D eigenvalue weighted by Gasteiger charge is 2.46. The molecule has 0 heterocycles. The van der Waals surface area contributed by atoms with Gasteiger partial charge in [0.1, 0.15) is 5.78 Å². The van der Waals surface area contributed by atoms with Crippen LogP contribution >= 0.6 is 0 Å². The van der Waals surface area contributed by atoms with Crippen molar-refractivity contribution < 1.29 is 9.90 Å². The van der Waals surface area contributed by atoms with Gasteiger partial charge in [0.15, 0.2) is 0 Å². The van der Waals surface area contributed by atoms with Crippen LogP contribution in [0.5, 0.6) is 0 Å². The Morgan fingerprint density at radius 2 is 2.14 bits per heavy atom. The fourth-order valence-electron chi connectivity index (χ4n) is 4.02. The Balaban J connectivity index is 1.93. The van der Waals surface area contributed by atoms with Crippen LogP contribution in [0.25, 0.3) is 0 Å². The lowest BCUT2D eigenvalue weighted by Crippen LogP contribution is -2.35. The molecule has 0 aromatic carbocycles. The summed E-state index contributed by atoms with van der Waals surface area (Å²) in [5.74, 6) is 0.713. The van der Waals surface area contributed by atoms with Crippen molar-refractivity contribution in [2.24, 2.45) is 11.3 Å². The molecule has 0 amide bonds. The number of ketones is 1. The number of carbonyl (C=O) groups excluding carboxylic acids is 1. The summed E-state index contributed by atoms with van der Waals surface area (Å²) in [5, 5.41) is 10.2. The van der Waals surface area contributed by atoms with E-state index in [1.54, 1.807) is 0 Å². The summed E-state index contributed by atoms with van der Waals surface area (Å²) < 4.78 is 0. The van der Waals surface area contributed by atoms with Crippen LogP contribution in [-0.4, -0.2) is 16.5 Å². The lowest BCUT2D eigenvalue weighted by Gasteiger charge is -2.38. The van der Waals surface area contributed by atoms with Crippen molar-refractivity contribution >= 4 is 5.78 Å². The fraction of sp³-hybridized carbons (Fsp3) is 0.737. The lowest BCUT2D eigenvalue weighted by molar-refractivity contribution is -0.128. The number of hydrogen-bond acceptors (Lipinski definition) is 2. The highest BCUT2D eigenvalue weighted by atomic mass is 16.3. The number of carbonyl (C=O) groups is 1. The van der Waals surface area contributed by atoms with Crippen LogP contribution in [0, 0.1) is 11.3 Å². The minimum absolute atomic E-state index is 0.120. The van der Waals surface area contributed by atoms with Gasteiger partial charge in [0.05, 0.1) is 5.60 Å². The Kier molecular flexibility index (Phi) is 5.08. The van der Waals surface area contributed by atoms with Crippen LogP contribution in [0.4, 0.5) is 0 Å². The second-order valence-corrected chi connectivity index (χ2v) is 7.01. The summed E-state index contributed by atoms with van der Waals surface area (Å²) in [7, 11) is 0. The molecule has 0 unspecified atom stereocenters. The molecule has 1 saturated carbocycles. The minimum Gasteiger partial charge on any atom is -0.386 e. The summed E-state index contributed by atoms with van der Waals surface area (Å²) >= 11 is 0. The predicted octanol–water partition coefficient (Wildman–Crippen LogP) is 4.58. The zero-order chi connectivity index (χ0) is 15.5. The van der Waals surface area contributed by atoms with Crippen LogP contribution in [0.1, 0.15) is 72.1 Å². The van der Waals surface area contributed by atoms with Crippen molar-refractivity contribution in [3.05, 3.63) is 23.8 Å². The zero-order valence-electron chi connectivity index (χ0n) is 13.8. The molecule has 2 rings (SSSR count). The largest absolute Gasteiger partial charge is 0.386 e. The van der Waals surface area contributed by atoms with Gasteiger partial charge >= 0.3 is 0 Å². The highest BCUT2D eigenvalue weighted by molar-refractivity contribution is 5.84. The molecule has 21 heavy (non-hydrogen) atoms. The number of aliphatic hydroxyl groups is 1. The van der Waals surface area contributed by atoms with Crippen molar-refractivity contribution in [1.29, 1.82) is 0 Å². The van der Waals surface area contributed by atoms with Gasteiger partial charge in [-0.15, -0.1) is 0 Å². The molecule has 0 aromatic rings. The molecule has 2 heteroatoms. The molecule has 2 nitrogen and oxygen atoms in total. The quantitative estimate of drug-likeness (QED) is 0.727. The summed E-state index contributed by atoms with van der Waals surface area (Å²) in [4.78, 5) is 12.1. The number of allylic oxidation sites excluding steroid dienone is 3. The van der Waals surface area contributed by atoms with Gasteiger partial charge in [0.25, 0.3) is 0 Å². The van der Waals surface area contributed by atoms with Gasteiger partial charge in [-0.1, -0.05) is 44.6 Å². The van der Waals surface area contributed by atoms with E-state index in [1.165, 1.54) is 5.57 Å². The van der Waals surface area contributed by atoms with Gasteiger partial charge in [0, 0.05) is 12.3 Å². The Morgan fingerprint density at radius 1 is 1.43 bits per heavy atom. The second kappa shape index (κ2) is 6.48. The molecule has 118 valence electrons. The fourth-order valence-corrected chi connectivity index (χ4v) is 4.02. The van der Waals surface area contributed by atoms with E-state index >= 15 is 0 Å². The van der Waals surface area contributed by atoms with E-state index < -0.39 is 5.60 Å². The van der Waals surface area contributed by atoms with E-state index in [1.807, 2.05) is 19.9 Å². The normalized spacial score (nSPS) is 29.8. The Labute approximate surface area is 129 Å². The molecule has 0 aromatic heterocycles. The first-order valence-corrected chi connectivity index (χ1v) is 8.57. The van der Waals surface area contributed by atoms with E-state index in [4.69, 9.17) is 0 Å². The maximum atomic E-state index is 12.1. The molecule has 2 atom stereocenters. The third-order valence-corrected chi connectivity index (χ3v) is 5.84. The standard InChI is InChI=1S/C19H30O2/c1-4-19(21,5-2)14-7-6-9-15-11-12-16-17(20)10-8-13-18(15,16)3/h7,11,14,16,21H,4-6,8-10,12-13H2,1-3H3/b14-7+/t16-,18+/m0/s1. The van der Waals surface area contributed by atoms with Crippen molar-refractivity contribution in [3.63, 3.8) is 0 Å². The van der Waals surface area contributed by atoms with Crippen LogP contribution < -0.4 is 0 Å². The molecular weight excluding hydrogens is 260 g/mol. The number of Topliss-reactive ketones (excluding diaryl/α,β-unsaturated/α-hetero) is 1. The molecule has 0 aliphatic heterocycles. The maximum Gasteiger partial charge on any atom is 0.137 e. The van der Waals surface area contributed by atoms with Crippen LogP contribution in [0.15, 0.2) is 23.8 Å². The van der Waals surface area contributed by atoms with E-state index in [-0.39, 0.29) is 11.3 Å². The number of fused-ring (bicyclic) bond motifs is 1. The van der Waals surface area contributed by atoms with Gasteiger partial charge in [0.2, 0.25) is 0 Å². The summed E-state index contributed by atoms with van der Waals surface area (Å²) in [6.45, 7) is 6.32. The molecule has 0 radical (unpaired) electrons. The first-order valence-electron chi connectivity index (χ1n) is 8.57. The molecule has 0 saturated heterocycles. The topological polar surface area (TPSA) is 37.3 Å². The monoisotopic (exact) mass is 290 g/mol. The summed E-state index contributed by atoms with van der Waals surface area (Å²) in [5.41, 5.74) is 0.952. The smallest absolute Gasteiger partial charge is 0.137 e. The lowest BCUT2D eigenvalue weighted by atomic mass is 9.65. The van der Waals surface area contributed by atoms with E-state index in [9.17, 15) is 9.90 Å². The Morgan fingerprint density at radius 3 is 2.81 bits per heavy atom. The number of hydrogen-bond donors (Lipinski definition) is 1. The third kappa shape index (κ3) is 3.31. The maximum absolute atomic E-state index is 12.1. The van der Waals surface area contributed by atoms with Gasteiger partial charge in [-0.05, 0) is 50.4 Å². The Hall–Kier alpha value is -0.890. The van der Waals surface area contributed by atoms with E-state index in [0.29, 0.717) is 5.78 Å². The van der Waals surface area contributed by atoms with E-state index in [0.717, 1.165) is 51.4 Å². The average molecular weight is 290 g/mol. The highest BCUT2D eigenvalue weighted by Crippen LogP contribution is 2.52. The second-order valence-electron chi connectivity index (χ2n) is 7.01.